The van der Waals surface area contributed by atoms with Crippen LogP contribution in [-0.2, 0) is 6.54 Å². The molecule has 1 N–H and O–H groups in total. The van der Waals surface area contributed by atoms with Crippen LogP contribution in [0.5, 0.6) is 0 Å². The van der Waals surface area contributed by atoms with E-state index in [0.717, 1.165) is 28.1 Å². The maximum Gasteiger partial charge on any atom is 0.0462 e. The van der Waals surface area contributed by atoms with Crippen LogP contribution < -0.4 is 5.32 Å². The van der Waals surface area contributed by atoms with E-state index in [-0.39, 0.29) is 0 Å². The maximum atomic E-state index is 6.12. The average Bonchev–Trinajstić information content (AvgIpc) is 2.26. The molecule has 0 aliphatic heterocycles. The molecule has 4 heteroatoms. The predicted molar refractivity (Wildman–Crippen MR) is 78.5 cm³/mol. The number of hydrogen-bond acceptors (Lipinski definition) is 2. The van der Waals surface area contributed by atoms with Gasteiger partial charge in [-0.1, -0.05) is 40.5 Å². The van der Waals surface area contributed by atoms with Gasteiger partial charge in [-0.2, -0.15) is 11.8 Å². The minimum atomic E-state index is 0.716. The molecular weight excluding hydrogens is 306 g/mol. The molecule has 0 bridgehead atoms. The van der Waals surface area contributed by atoms with Crippen LogP contribution in [-0.4, -0.2) is 18.1 Å². The Labute approximate surface area is 115 Å². The van der Waals surface area contributed by atoms with Gasteiger partial charge in [0.15, 0.2) is 0 Å². The lowest BCUT2D eigenvalue weighted by Gasteiger charge is -2.10. The van der Waals surface area contributed by atoms with E-state index in [0.29, 0.717) is 5.25 Å². The van der Waals surface area contributed by atoms with Crippen LogP contribution >= 0.6 is 39.3 Å². The highest BCUT2D eigenvalue weighted by Gasteiger charge is 2.02. The second-order valence-electron chi connectivity index (χ2n) is 3.75. The number of rotatable bonds is 6. The van der Waals surface area contributed by atoms with Crippen molar-refractivity contribution in [2.24, 2.45) is 0 Å². The number of nitrogens with one attached hydrogen (secondary N) is 1. The molecule has 0 heterocycles. The Morgan fingerprint density at radius 1 is 1.50 bits per heavy atom. The van der Waals surface area contributed by atoms with Crippen molar-refractivity contribution in [3.8, 4) is 0 Å². The molecule has 0 amide bonds. The van der Waals surface area contributed by atoms with Gasteiger partial charge in [0.05, 0.1) is 0 Å². The molecule has 0 fully saturated rings. The summed E-state index contributed by atoms with van der Waals surface area (Å²) < 4.78 is 1.03. The van der Waals surface area contributed by atoms with Crippen molar-refractivity contribution in [3.05, 3.63) is 33.3 Å². The third-order valence-corrected chi connectivity index (χ3v) is 4.35. The Kier molecular flexibility index (Phi) is 6.81. The van der Waals surface area contributed by atoms with E-state index in [1.165, 1.54) is 6.42 Å². The molecule has 16 heavy (non-hydrogen) atoms. The van der Waals surface area contributed by atoms with Crippen LogP contribution in [0.15, 0.2) is 22.7 Å². The van der Waals surface area contributed by atoms with Crippen molar-refractivity contribution < 1.29 is 0 Å². The summed E-state index contributed by atoms with van der Waals surface area (Å²) in [6, 6.07) is 6.01. The molecule has 1 rings (SSSR count). The topological polar surface area (TPSA) is 12.0 Å². The fourth-order valence-corrected chi connectivity index (χ4v) is 2.41. The van der Waals surface area contributed by atoms with Gasteiger partial charge >= 0.3 is 0 Å². The Bertz CT molecular complexity index is 333. The molecule has 0 aliphatic carbocycles. The van der Waals surface area contributed by atoms with Crippen LogP contribution in [0.2, 0.25) is 5.02 Å². The first-order valence-electron chi connectivity index (χ1n) is 5.31. The summed E-state index contributed by atoms with van der Waals surface area (Å²) >= 11 is 11.4. The monoisotopic (exact) mass is 321 g/mol. The predicted octanol–water partition coefficient (Wildman–Crippen LogP) is 4.33. The lowest BCUT2D eigenvalue weighted by molar-refractivity contribution is 0.648. The highest BCUT2D eigenvalue weighted by Crippen LogP contribution is 2.21. The van der Waals surface area contributed by atoms with Crippen LogP contribution in [0.4, 0.5) is 0 Å². The van der Waals surface area contributed by atoms with Crippen LogP contribution in [0.3, 0.4) is 0 Å². The van der Waals surface area contributed by atoms with Gasteiger partial charge in [0.1, 0.15) is 0 Å². The van der Waals surface area contributed by atoms with Gasteiger partial charge in [-0.15, -0.1) is 0 Å². The van der Waals surface area contributed by atoms with Crippen molar-refractivity contribution in [3.63, 3.8) is 0 Å². The molecule has 0 aliphatic rings. The highest BCUT2D eigenvalue weighted by molar-refractivity contribution is 9.10. The first-order chi connectivity index (χ1) is 7.63. The smallest absolute Gasteiger partial charge is 0.0462 e. The Hall–Kier alpha value is 0.300. The lowest BCUT2D eigenvalue weighted by Crippen LogP contribution is -2.17. The van der Waals surface area contributed by atoms with Gasteiger partial charge in [0.2, 0.25) is 0 Å². The average molecular weight is 323 g/mol. The quantitative estimate of drug-likeness (QED) is 0.782. The molecule has 1 nitrogen and oxygen atoms in total. The number of halogens is 2. The van der Waals surface area contributed by atoms with Crippen LogP contribution in [0.25, 0.3) is 0 Å². The minimum Gasteiger partial charge on any atom is -0.313 e. The molecule has 90 valence electrons. The number of hydrogen-bond donors (Lipinski definition) is 1. The molecule has 0 aromatic heterocycles. The van der Waals surface area contributed by atoms with E-state index in [9.17, 15) is 0 Å². The van der Waals surface area contributed by atoms with Crippen molar-refractivity contribution >= 4 is 39.3 Å². The normalized spacial score (nSPS) is 12.8. The summed E-state index contributed by atoms with van der Waals surface area (Å²) in [5.74, 6) is 0. The standard InChI is InChI=1S/C12H17BrClNS/c1-9(16-2)5-6-15-8-10-3-4-11(13)7-12(10)14/h3-4,7,9,15H,5-6,8H2,1-2H3. The maximum absolute atomic E-state index is 6.12. The summed E-state index contributed by atoms with van der Waals surface area (Å²) in [6.45, 7) is 4.13. The van der Waals surface area contributed by atoms with E-state index < -0.39 is 0 Å². The summed E-state index contributed by atoms with van der Waals surface area (Å²) in [5.41, 5.74) is 1.15. The fourth-order valence-electron chi connectivity index (χ4n) is 1.31. The Morgan fingerprint density at radius 2 is 2.25 bits per heavy atom. The summed E-state index contributed by atoms with van der Waals surface area (Å²) in [5, 5.41) is 4.95. The Morgan fingerprint density at radius 3 is 2.88 bits per heavy atom. The SMILES string of the molecule is CSC(C)CCNCc1ccc(Br)cc1Cl. The van der Waals surface area contributed by atoms with Gasteiger partial charge in [0, 0.05) is 21.3 Å². The molecule has 1 unspecified atom stereocenters. The zero-order chi connectivity index (χ0) is 12.0. The van der Waals surface area contributed by atoms with Gasteiger partial charge in [-0.05, 0) is 36.9 Å². The van der Waals surface area contributed by atoms with Crippen molar-refractivity contribution in [1.82, 2.24) is 5.32 Å². The fraction of sp³-hybridized carbons (Fsp3) is 0.500. The number of thioether (sulfide) groups is 1. The molecule has 0 spiro atoms. The summed E-state index contributed by atoms with van der Waals surface area (Å²) in [7, 11) is 0. The van der Waals surface area contributed by atoms with Crippen molar-refractivity contribution in [2.75, 3.05) is 12.8 Å². The summed E-state index contributed by atoms with van der Waals surface area (Å²) in [6.07, 6.45) is 3.34. The third-order valence-electron chi connectivity index (χ3n) is 2.46. The third kappa shape index (κ3) is 5.09. The first kappa shape index (κ1) is 14.4. The van der Waals surface area contributed by atoms with E-state index in [2.05, 4.69) is 40.5 Å². The molecule has 1 atom stereocenters. The zero-order valence-electron chi connectivity index (χ0n) is 9.59. The van der Waals surface area contributed by atoms with E-state index >= 15 is 0 Å². The largest absolute Gasteiger partial charge is 0.313 e. The highest BCUT2D eigenvalue weighted by atomic mass is 79.9. The van der Waals surface area contributed by atoms with E-state index in [1.807, 2.05) is 23.9 Å². The van der Waals surface area contributed by atoms with E-state index in [4.69, 9.17) is 11.6 Å². The first-order valence-corrected chi connectivity index (χ1v) is 7.77. The van der Waals surface area contributed by atoms with Gasteiger partial charge < -0.3 is 5.32 Å². The van der Waals surface area contributed by atoms with Crippen molar-refractivity contribution in [1.29, 1.82) is 0 Å². The second-order valence-corrected chi connectivity index (χ2v) is 6.35. The number of benzene rings is 1. The minimum absolute atomic E-state index is 0.716. The molecule has 0 radical (unpaired) electrons. The van der Waals surface area contributed by atoms with Gasteiger partial charge in [-0.3, -0.25) is 0 Å². The lowest BCUT2D eigenvalue weighted by atomic mass is 10.2. The van der Waals surface area contributed by atoms with E-state index in [1.54, 1.807) is 0 Å². The summed E-state index contributed by atoms with van der Waals surface area (Å²) in [4.78, 5) is 0. The van der Waals surface area contributed by atoms with Crippen LogP contribution in [0, 0.1) is 0 Å². The molecule has 1 aromatic rings. The van der Waals surface area contributed by atoms with Gasteiger partial charge in [0.25, 0.3) is 0 Å². The molecule has 0 saturated carbocycles. The van der Waals surface area contributed by atoms with Gasteiger partial charge in [-0.25, -0.2) is 0 Å². The van der Waals surface area contributed by atoms with Crippen LogP contribution in [0.1, 0.15) is 18.9 Å². The zero-order valence-corrected chi connectivity index (χ0v) is 12.8. The molecule has 0 saturated heterocycles. The molecular formula is C12H17BrClNS. The second kappa shape index (κ2) is 7.59. The van der Waals surface area contributed by atoms with Crippen molar-refractivity contribution in [2.45, 2.75) is 25.1 Å². The molecule has 1 aromatic carbocycles. The Balaban J connectivity index is 2.32.